The average molecular weight is 521 g/mol. The molecule has 6 heteroatoms. The maximum absolute atomic E-state index is 13.7. The topological polar surface area (TPSA) is 58.6 Å². The summed E-state index contributed by atoms with van der Waals surface area (Å²) in [7, 11) is 0. The third kappa shape index (κ3) is 8.09. The second kappa shape index (κ2) is 13.3. The highest BCUT2D eigenvalue weighted by molar-refractivity contribution is 6.32. The molecule has 2 atom stereocenters. The quantitative estimate of drug-likeness (QED) is 0.327. The summed E-state index contributed by atoms with van der Waals surface area (Å²) >= 11 is 6.30. The van der Waals surface area contributed by atoms with Crippen LogP contribution in [-0.2, 0) is 22.6 Å². The zero-order chi connectivity index (χ0) is 26.9. The van der Waals surface area contributed by atoms with Crippen molar-refractivity contribution in [3.63, 3.8) is 0 Å². The minimum absolute atomic E-state index is 0.00189. The first-order valence-electron chi connectivity index (χ1n) is 12.8. The standard InChI is InChI=1S/C31H37ClN2O3/c1-6-24(5)33-31(36)28(18-25-12-8-7-9-13-25)34(19-26-14-10-11-21(2)15-26)29(35)20-37-27-16-22(3)30(32)23(4)17-27/h7-17,24,28H,6,18-20H2,1-5H3,(H,33,36)/t24-,28+/m0/s1. The number of benzene rings is 3. The average Bonchev–Trinajstić information content (AvgIpc) is 2.88. The minimum atomic E-state index is -0.693. The molecule has 0 fully saturated rings. The van der Waals surface area contributed by atoms with Crippen molar-refractivity contribution in [2.75, 3.05) is 6.61 Å². The third-order valence-corrected chi connectivity index (χ3v) is 7.08. The highest BCUT2D eigenvalue weighted by Crippen LogP contribution is 2.26. The second-order valence-corrected chi connectivity index (χ2v) is 10.1. The highest BCUT2D eigenvalue weighted by atomic mass is 35.5. The van der Waals surface area contributed by atoms with Crippen molar-refractivity contribution in [2.45, 2.75) is 66.1 Å². The minimum Gasteiger partial charge on any atom is -0.484 e. The van der Waals surface area contributed by atoms with E-state index in [1.807, 2.05) is 101 Å². The highest BCUT2D eigenvalue weighted by Gasteiger charge is 2.31. The molecule has 5 nitrogen and oxygen atoms in total. The molecule has 0 saturated heterocycles. The van der Waals surface area contributed by atoms with E-state index in [1.165, 1.54) is 0 Å². The Hall–Kier alpha value is -3.31. The van der Waals surface area contributed by atoms with E-state index in [-0.39, 0.29) is 24.5 Å². The predicted molar refractivity (Wildman–Crippen MR) is 150 cm³/mol. The molecule has 1 N–H and O–H groups in total. The summed E-state index contributed by atoms with van der Waals surface area (Å²) in [6.45, 7) is 9.94. The van der Waals surface area contributed by atoms with Gasteiger partial charge < -0.3 is 15.0 Å². The van der Waals surface area contributed by atoms with E-state index in [0.717, 1.165) is 34.2 Å². The molecular formula is C31H37ClN2O3. The molecule has 0 aliphatic heterocycles. The van der Waals surface area contributed by atoms with Gasteiger partial charge >= 0.3 is 0 Å². The number of aryl methyl sites for hydroxylation is 3. The number of carbonyl (C=O) groups excluding carboxylic acids is 2. The number of hydrogen-bond acceptors (Lipinski definition) is 3. The number of nitrogens with one attached hydrogen (secondary N) is 1. The summed E-state index contributed by atoms with van der Waals surface area (Å²) in [5.41, 5.74) is 4.81. The Morgan fingerprint density at radius 3 is 2.22 bits per heavy atom. The van der Waals surface area contributed by atoms with Crippen molar-refractivity contribution in [3.05, 3.63) is 99.6 Å². The van der Waals surface area contributed by atoms with Gasteiger partial charge in [-0.25, -0.2) is 0 Å². The molecule has 3 aromatic carbocycles. The van der Waals surface area contributed by atoms with Crippen LogP contribution in [0.15, 0.2) is 66.7 Å². The first-order valence-corrected chi connectivity index (χ1v) is 13.1. The van der Waals surface area contributed by atoms with Crippen molar-refractivity contribution in [2.24, 2.45) is 0 Å². The smallest absolute Gasteiger partial charge is 0.261 e. The van der Waals surface area contributed by atoms with E-state index in [9.17, 15) is 9.59 Å². The summed E-state index contributed by atoms with van der Waals surface area (Å²) in [5, 5.41) is 3.77. The monoisotopic (exact) mass is 520 g/mol. The van der Waals surface area contributed by atoms with Crippen LogP contribution in [0.5, 0.6) is 5.75 Å². The van der Waals surface area contributed by atoms with E-state index in [4.69, 9.17) is 16.3 Å². The van der Waals surface area contributed by atoms with Crippen molar-refractivity contribution < 1.29 is 14.3 Å². The van der Waals surface area contributed by atoms with Gasteiger partial charge in [-0.3, -0.25) is 9.59 Å². The zero-order valence-corrected chi connectivity index (χ0v) is 23.1. The van der Waals surface area contributed by atoms with Crippen LogP contribution >= 0.6 is 11.6 Å². The largest absolute Gasteiger partial charge is 0.484 e. The Morgan fingerprint density at radius 1 is 0.946 bits per heavy atom. The number of hydrogen-bond donors (Lipinski definition) is 1. The van der Waals surface area contributed by atoms with Gasteiger partial charge in [0.05, 0.1) is 0 Å². The molecule has 0 aliphatic carbocycles. The van der Waals surface area contributed by atoms with Crippen LogP contribution in [0, 0.1) is 20.8 Å². The maximum Gasteiger partial charge on any atom is 0.261 e. The summed E-state index contributed by atoms with van der Waals surface area (Å²) in [6.07, 6.45) is 1.20. The van der Waals surface area contributed by atoms with Gasteiger partial charge in [0.1, 0.15) is 11.8 Å². The molecule has 0 bridgehead atoms. The lowest BCUT2D eigenvalue weighted by Gasteiger charge is -2.32. The molecule has 3 aromatic rings. The van der Waals surface area contributed by atoms with Gasteiger partial charge in [-0.2, -0.15) is 0 Å². The molecular weight excluding hydrogens is 484 g/mol. The number of nitrogens with zero attached hydrogens (tertiary/aromatic N) is 1. The Bertz CT molecular complexity index is 1190. The van der Waals surface area contributed by atoms with Crippen LogP contribution in [0.25, 0.3) is 0 Å². The first kappa shape index (κ1) is 28.3. The van der Waals surface area contributed by atoms with Gasteiger partial charge in [0.15, 0.2) is 6.61 Å². The van der Waals surface area contributed by atoms with Crippen molar-refractivity contribution >= 4 is 23.4 Å². The third-order valence-electron chi connectivity index (χ3n) is 6.48. The normalized spacial score (nSPS) is 12.5. The van der Waals surface area contributed by atoms with Gasteiger partial charge in [0.25, 0.3) is 5.91 Å². The fraction of sp³-hybridized carbons (Fsp3) is 0.355. The Morgan fingerprint density at radius 2 is 1.59 bits per heavy atom. The van der Waals surface area contributed by atoms with Crippen LogP contribution in [-0.4, -0.2) is 35.4 Å². The van der Waals surface area contributed by atoms with E-state index >= 15 is 0 Å². The van der Waals surface area contributed by atoms with Gasteiger partial charge in [0, 0.05) is 24.0 Å². The number of halogens is 1. The number of carbonyl (C=O) groups is 2. The van der Waals surface area contributed by atoms with Crippen molar-refractivity contribution in [1.82, 2.24) is 10.2 Å². The molecule has 0 aromatic heterocycles. The number of amides is 2. The number of rotatable bonds is 11. The summed E-state index contributed by atoms with van der Waals surface area (Å²) < 4.78 is 5.93. The van der Waals surface area contributed by atoms with Crippen LogP contribution in [0.1, 0.15) is 48.1 Å². The Kier molecular flexibility index (Phi) is 10.2. The fourth-order valence-corrected chi connectivity index (χ4v) is 4.33. The maximum atomic E-state index is 13.7. The lowest BCUT2D eigenvalue weighted by Crippen LogP contribution is -2.53. The van der Waals surface area contributed by atoms with Crippen molar-refractivity contribution in [3.8, 4) is 5.75 Å². The molecule has 3 rings (SSSR count). The lowest BCUT2D eigenvalue weighted by atomic mass is 10.0. The molecule has 37 heavy (non-hydrogen) atoms. The van der Waals surface area contributed by atoms with E-state index < -0.39 is 6.04 Å². The van der Waals surface area contributed by atoms with Gasteiger partial charge in [-0.05, 0) is 68.5 Å². The van der Waals surface area contributed by atoms with E-state index in [0.29, 0.717) is 23.7 Å². The SMILES string of the molecule is CC[C@H](C)NC(=O)[C@@H](Cc1ccccc1)N(Cc1cccc(C)c1)C(=O)COc1cc(C)c(Cl)c(C)c1. The summed E-state index contributed by atoms with van der Waals surface area (Å²) in [6, 6.07) is 20.7. The van der Waals surface area contributed by atoms with Crippen molar-refractivity contribution in [1.29, 1.82) is 0 Å². The lowest BCUT2D eigenvalue weighted by molar-refractivity contribution is -0.143. The zero-order valence-electron chi connectivity index (χ0n) is 22.4. The Labute approximate surface area is 225 Å². The Balaban J connectivity index is 1.93. The molecule has 0 heterocycles. The van der Waals surface area contributed by atoms with Crippen LogP contribution < -0.4 is 10.1 Å². The van der Waals surface area contributed by atoms with Crippen LogP contribution in [0.2, 0.25) is 5.02 Å². The second-order valence-electron chi connectivity index (χ2n) is 9.69. The molecule has 2 amide bonds. The van der Waals surface area contributed by atoms with Gasteiger partial charge in [0.2, 0.25) is 5.91 Å². The number of ether oxygens (including phenoxy) is 1. The molecule has 0 saturated carbocycles. The summed E-state index contributed by atoms with van der Waals surface area (Å²) in [5.74, 6) is 0.149. The van der Waals surface area contributed by atoms with Crippen LogP contribution in [0.4, 0.5) is 0 Å². The first-order chi connectivity index (χ1) is 17.7. The summed E-state index contributed by atoms with van der Waals surface area (Å²) in [4.78, 5) is 28.9. The van der Waals surface area contributed by atoms with Gasteiger partial charge in [-0.1, -0.05) is 78.7 Å². The molecule has 0 aliphatic rings. The van der Waals surface area contributed by atoms with E-state index in [2.05, 4.69) is 5.32 Å². The molecule has 0 unspecified atom stereocenters. The van der Waals surface area contributed by atoms with E-state index in [1.54, 1.807) is 4.90 Å². The molecule has 0 radical (unpaired) electrons. The van der Waals surface area contributed by atoms with Gasteiger partial charge in [-0.15, -0.1) is 0 Å². The van der Waals surface area contributed by atoms with Crippen LogP contribution in [0.3, 0.4) is 0 Å². The molecule has 0 spiro atoms. The predicted octanol–water partition coefficient (Wildman–Crippen LogP) is 6.20. The molecule has 196 valence electrons. The fourth-order valence-electron chi connectivity index (χ4n) is 4.22.